The highest BCUT2D eigenvalue weighted by atomic mass is 16.5. The summed E-state index contributed by atoms with van der Waals surface area (Å²) in [6, 6.07) is -0.0754. The first-order valence-electron chi connectivity index (χ1n) is 7.44. The van der Waals surface area contributed by atoms with Gasteiger partial charge in [-0.1, -0.05) is 0 Å². The maximum atomic E-state index is 11.9. The lowest BCUT2D eigenvalue weighted by atomic mass is 9.93. The maximum Gasteiger partial charge on any atom is 0.315 e. The van der Waals surface area contributed by atoms with Crippen LogP contribution in [0.3, 0.4) is 0 Å². The largest absolute Gasteiger partial charge is 0.481 e. The Morgan fingerprint density at radius 2 is 1.90 bits per heavy atom. The number of hydrogen-bond donors (Lipinski definition) is 3. The van der Waals surface area contributed by atoms with Crippen LogP contribution in [0.15, 0.2) is 0 Å². The van der Waals surface area contributed by atoms with Crippen molar-refractivity contribution in [1.29, 1.82) is 0 Å². The van der Waals surface area contributed by atoms with Crippen LogP contribution < -0.4 is 10.6 Å². The predicted octanol–water partition coefficient (Wildman–Crippen LogP) is 1.35. The summed E-state index contributed by atoms with van der Waals surface area (Å²) in [5, 5.41) is 14.8. The highest BCUT2D eigenvalue weighted by molar-refractivity contribution is 5.75. The summed E-state index contributed by atoms with van der Waals surface area (Å²) in [5.74, 6) is -0.608. The number of aliphatic carboxylic acids is 1. The van der Waals surface area contributed by atoms with Crippen LogP contribution in [0.5, 0.6) is 0 Å². The summed E-state index contributed by atoms with van der Waals surface area (Å²) in [6.07, 6.45) is 3.89. The number of nitrogens with one attached hydrogen (secondary N) is 2. The van der Waals surface area contributed by atoms with Gasteiger partial charge < -0.3 is 20.5 Å². The van der Waals surface area contributed by atoms with Crippen LogP contribution in [0.2, 0.25) is 0 Å². The van der Waals surface area contributed by atoms with Gasteiger partial charge in [0.2, 0.25) is 0 Å². The van der Waals surface area contributed by atoms with Crippen LogP contribution in [0.25, 0.3) is 0 Å². The van der Waals surface area contributed by atoms with Crippen molar-refractivity contribution >= 4 is 12.0 Å². The molecular weight excluding hydrogens is 260 g/mol. The molecule has 0 aromatic carbocycles. The third-order valence-corrected chi connectivity index (χ3v) is 4.45. The van der Waals surface area contributed by atoms with E-state index >= 15 is 0 Å². The van der Waals surface area contributed by atoms with Gasteiger partial charge >= 0.3 is 12.0 Å². The van der Waals surface area contributed by atoms with Crippen LogP contribution in [0.1, 0.15) is 39.0 Å². The average molecular weight is 284 g/mol. The lowest BCUT2D eigenvalue weighted by Gasteiger charge is -2.28. The zero-order valence-corrected chi connectivity index (χ0v) is 11.9. The second-order valence-electron chi connectivity index (χ2n) is 5.90. The second kappa shape index (κ2) is 6.92. The van der Waals surface area contributed by atoms with Gasteiger partial charge in [-0.2, -0.15) is 0 Å². The molecule has 0 spiro atoms. The number of hydrogen-bond acceptors (Lipinski definition) is 3. The Kier molecular flexibility index (Phi) is 5.23. The predicted molar refractivity (Wildman–Crippen MR) is 73.4 cm³/mol. The minimum atomic E-state index is -0.759. The van der Waals surface area contributed by atoms with Crippen molar-refractivity contribution < 1.29 is 19.4 Å². The molecule has 1 aliphatic carbocycles. The first-order valence-corrected chi connectivity index (χ1v) is 7.44. The van der Waals surface area contributed by atoms with Crippen molar-refractivity contribution in [3.63, 3.8) is 0 Å². The zero-order chi connectivity index (χ0) is 14.5. The molecule has 20 heavy (non-hydrogen) atoms. The van der Waals surface area contributed by atoms with E-state index < -0.39 is 5.97 Å². The minimum absolute atomic E-state index is 0.0158. The lowest BCUT2D eigenvalue weighted by Crippen LogP contribution is -2.47. The molecule has 0 aromatic heterocycles. The quantitative estimate of drug-likeness (QED) is 0.727. The molecule has 1 aliphatic heterocycles. The SMILES string of the molecule is CC(NC(=O)NC1CCC(C(=O)O)C1)C1CCOCC1. The Hall–Kier alpha value is -1.30. The van der Waals surface area contributed by atoms with E-state index in [0.29, 0.717) is 18.8 Å². The molecule has 0 aromatic rings. The van der Waals surface area contributed by atoms with Crippen molar-refractivity contribution in [2.75, 3.05) is 13.2 Å². The van der Waals surface area contributed by atoms with Gasteiger partial charge in [-0.05, 0) is 44.9 Å². The molecular formula is C14H24N2O4. The van der Waals surface area contributed by atoms with Gasteiger partial charge in [-0.25, -0.2) is 4.79 Å². The molecule has 6 heteroatoms. The molecule has 2 amide bonds. The molecule has 3 unspecified atom stereocenters. The summed E-state index contributed by atoms with van der Waals surface area (Å²) in [4.78, 5) is 22.8. The second-order valence-corrected chi connectivity index (χ2v) is 5.90. The number of urea groups is 1. The fourth-order valence-electron chi connectivity index (χ4n) is 3.10. The fraction of sp³-hybridized carbons (Fsp3) is 0.857. The smallest absolute Gasteiger partial charge is 0.315 e. The number of ether oxygens (including phenoxy) is 1. The van der Waals surface area contributed by atoms with E-state index in [0.717, 1.165) is 32.5 Å². The zero-order valence-electron chi connectivity index (χ0n) is 11.9. The molecule has 1 heterocycles. The molecule has 0 radical (unpaired) electrons. The molecule has 2 aliphatic rings. The summed E-state index contributed by atoms with van der Waals surface area (Å²) in [7, 11) is 0. The van der Waals surface area contributed by atoms with E-state index in [-0.39, 0.29) is 24.0 Å². The van der Waals surface area contributed by atoms with Crippen LogP contribution in [0, 0.1) is 11.8 Å². The molecule has 114 valence electrons. The third-order valence-electron chi connectivity index (χ3n) is 4.45. The molecule has 2 fully saturated rings. The summed E-state index contributed by atoms with van der Waals surface area (Å²) in [6.45, 7) is 3.55. The van der Waals surface area contributed by atoms with Crippen molar-refractivity contribution in [2.24, 2.45) is 11.8 Å². The number of amides is 2. The number of carbonyl (C=O) groups excluding carboxylic acids is 1. The molecule has 3 N–H and O–H groups in total. The van der Waals surface area contributed by atoms with Crippen molar-refractivity contribution in [3.05, 3.63) is 0 Å². The van der Waals surface area contributed by atoms with E-state index in [4.69, 9.17) is 9.84 Å². The Bertz CT molecular complexity index is 355. The highest BCUT2D eigenvalue weighted by Gasteiger charge is 2.31. The maximum absolute atomic E-state index is 11.9. The first kappa shape index (κ1) is 15.1. The molecule has 3 atom stereocenters. The molecule has 6 nitrogen and oxygen atoms in total. The van der Waals surface area contributed by atoms with Gasteiger partial charge in [0.1, 0.15) is 0 Å². The monoisotopic (exact) mass is 284 g/mol. The van der Waals surface area contributed by atoms with Gasteiger partial charge in [-0.3, -0.25) is 4.79 Å². The Morgan fingerprint density at radius 1 is 1.20 bits per heavy atom. The van der Waals surface area contributed by atoms with Crippen LogP contribution >= 0.6 is 0 Å². The Balaban J connectivity index is 1.71. The Morgan fingerprint density at radius 3 is 2.50 bits per heavy atom. The Labute approximate surface area is 119 Å². The normalized spacial score (nSPS) is 28.9. The molecule has 1 saturated carbocycles. The van der Waals surface area contributed by atoms with Gasteiger partial charge in [0.15, 0.2) is 0 Å². The summed E-state index contributed by atoms with van der Waals surface area (Å²) < 4.78 is 5.31. The van der Waals surface area contributed by atoms with E-state index in [1.54, 1.807) is 0 Å². The van der Waals surface area contributed by atoms with Crippen molar-refractivity contribution in [3.8, 4) is 0 Å². The van der Waals surface area contributed by atoms with Crippen molar-refractivity contribution in [2.45, 2.75) is 51.1 Å². The van der Waals surface area contributed by atoms with E-state index in [1.807, 2.05) is 6.92 Å². The minimum Gasteiger partial charge on any atom is -0.481 e. The average Bonchev–Trinajstić information content (AvgIpc) is 2.88. The number of rotatable bonds is 4. The number of carbonyl (C=O) groups is 2. The van der Waals surface area contributed by atoms with Gasteiger partial charge in [0.05, 0.1) is 5.92 Å². The molecule has 0 bridgehead atoms. The van der Waals surface area contributed by atoms with Gasteiger partial charge in [0, 0.05) is 25.3 Å². The summed E-state index contributed by atoms with van der Waals surface area (Å²) in [5.41, 5.74) is 0. The fourth-order valence-corrected chi connectivity index (χ4v) is 3.10. The van der Waals surface area contributed by atoms with Gasteiger partial charge in [-0.15, -0.1) is 0 Å². The van der Waals surface area contributed by atoms with Crippen molar-refractivity contribution in [1.82, 2.24) is 10.6 Å². The van der Waals surface area contributed by atoms with Crippen LogP contribution in [0.4, 0.5) is 4.79 Å². The van der Waals surface area contributed by atoms with E-state index in [1.165, 1.54) is 0 Å². The van der Waals surface area contributed by atoms with Gasteiger partial charge in [0.25, 0.3) is 0 Å². The number of carboxylic acid groups (broad SMARTS) is 1. The number of carboxylic acids is 1. The van der Waals surface area contributed by atoms with Crippen LogP contribution in [-0.2, 0) is 9.53 Å². The topological polar surface area (TPSA) is 87.7 Å². The lowest BCUT2D eigenvalue weighted by molar-refractivity contribution is -0.141. The molecule has 2 rings (SSSR count). The summed E-state index contributed by atoms with van der Waals surface area (Å²) >= 11 is 0. The third kappa shape index (κ3) is 4.10. The van der Waals surface area contributed by atoms with E-state index in [2.05, 4.69) is 10.6 Å². The molecule has 1 saturated heterocycles. The van der Waals surface area contributed by atoms with E-state index in [9.17, 15) is 9.59 Å². The standard InChI is InChI=1S/C14H24N2O4/c1-9(10-4-6-20-7-5-10)15-14(19)16-12-3-2-11(8-12)13(17)18/h9-12H,2-8H2,1H3,(H,17,18)(H2,15,16,19). The first-order chi connectivity index (χ1) is 9.56. The van der Waals surface area contributed by atoms with Crippen LogP contribution in [-0.4, -0.2) is 42.4 Å². The highest BCUT2D eigenvalue weighted by Crippen LogP contribution is 2.25.